The zero-order valence-electron chi connectivity index (χ0n) is 13.5. The number of nitrogens with zero attached hydrogens (tertiary/aromatic N) is 1. The summed E-state index contributed by atoms with van der Waals surface area (Å²) in [6.45, 7) is 4.66. The van der Waals surface area contributed by atoms with Crippen LogP contribution in [0.2, 0.25) is 0 Å². The number of hydrogen-bond acceptors (Lipinski definition) is 2. The second-order valence-corrected chi connectivity index (χ2v) is 5.62. The van der Waals surface area contributed by atoms with Gasteiger partial charge in [0.25, 0.3) is 5.91 Å². The Morgan fingerprint density at radius 3 is 2.09 bits per heavy atom. The first-order chi connectivity index (χ1) is 11.0. The van der Waals surface area contributed by atoms with Gasteiger partial charge in [0.15, 0.2) is 0 Å². The molecular weight excluding hydrogens is 288 g/mol. The van der Waals surface area contributed by atoms with Crippen LogP contribution in [-0.2, 0) is 6.54 Å². The third kappa shape index (κ3) is 4.19. The SMILES string of the molecule is CC[C@H](C)N(Cc1ccccc1)C(=O)c1ccc(C(N)=O)cc1. The first-order valence-electron chi connectivity index (χ1n) is 7.77. The predicted molar refractivity (Wildman–Crippen MR) is 91.0 cm³/mol. The van der Waals surface area contributed by atoms with Crippen molar-refractivity contribution in [3.63, 3.8) is 0 Å². The predicted octanol–water partition coefficient (Wildman–Crippen LogP) is 3.23. The Morgan fingerprint density at radius 2 is 1.57 bits per heavy atom. The summed E-state index contributed by atoms with van der Waals surface area (Å²) in [6.07, 6.45) is 0.873. The maximum absolute atomic E-state index is 12.8. The lowest BCUT2D eigenvalue weighted by molar-refractivity contribution is 0.0671. The molecule has 0 saturated heterocycles. The van der Waals surface area contributed by atoms with Crippen molar-refractivity contribution in [1.82, 2.24) is 4.90 Å². The van der Waals surface area contributed by atoms with Crippen molar-refractivity contribution in [2.24, 2.45) is 5.73 Å². The van der Waals surface area contributed by atoms with E-state index in [0.29, 0.717) is 17.7 Å². The van der Waals surface area contributed by atoms with Crippen molar-refractivity contribution in [2.45, 2.75) is 32.9 Å². The molecule has 120 valence electrons. The van der Waals surface area contributed by atoms with Crippen molar-refractivity contribution >= 4 is 11.8 Å². The summed E-state index contributed by atoms with van der Waals surface area (Å²) >= 11 is 0. The van der Waals surface area contributed by atoms with E-state index in [-0.39, 0.29) is 11.9 Å². The standard InChI is InChI=1S/C19H22N2O2/c1-3-14(2)21(13-15-7-5-4-6-8-15)19(23)17-11-9-16(10-12-17)18(20)22/h4-12,14H,3,13H2,1-2H3,(H2,20,22)/t14-/m0/s1. The maximum atomic E-state index is 12.8. The van der Waals surface area contributed by atoms with Crippen LogP contribution < -0.4 is 5.73 Å². The highest BCUT2D eigenvalue weighted by Gasteiger charge is 2.20. The molecule has 0 radical (unpaired) electrons. The molecule has 4 heteroatoms. The fourth-order valence-corrected chi connectivity index (χ4v) is 2.37. The van der Waals surface area contributed by atoms with Gasteiger partial charge in [-0.1, -0.05) is 37.3 Å². The number of carbonyl (C=O) groups excluding carboxylic acids is 2. The molecule has 2 aromatic rings. The molecule has 0 aromatic heterocycles. The highest BCUT2D eigenvalue weighted by molar-refractivity contribution is 5.97. The molecule has 2 rings (SSSR count). The van der Waals surface area contributed by atoms with Gasteiger partial charge in [-0.15, -0.1) is 0 Å². The average Bonchev–Trinajstić information content (AvgIpc) is 2.59. The molecule has 0 bridgehead atoms. The maximum Gasteiger partial charge on any atom is 0.254 e. The third-order valence-corrected chi connectivity index (χ3v) is 4.00. The van der Waals surface area contributed by atoms with Gasteiger partial charge in [0.05, 0.1) is 0 Å². The van der Waals surface area contributed by atoms with Crippen LogP contribution >= 0.6 is 0 Å². The summed E-state index contributed by atoms with van der Waals surface area (Å²) in [5.41, 5.74) is 7.29. The minimum Gasteiger partial charge on any atom is -0.366 e. The van der Waals surface area contributed by atoms with Gasteiger partial charge in [0.1, 0.15) is 0 Å². The van der Waals surface area contributed by atoms with Crippen molar-refractivity contribution in [3.8, 4) is 0 Å². The molecular formula is C19H22N2O2. The fraction of sp³-hybridized carbons (Fsp3) is 0.263. The number of carbonyl (C=O) groups is 2. The summed E-state index contributed by atoms with van der Waals surface area (Å²) < 4.78 is 0. The van der Waals surface area contributed by atoms with Crippen LogP contribution in [0.15, 0.2) is 54.6 Å². The van der Waals surface area contributed by atoms with E-state index in [2.05, 4.69) is 6.92 Å². The normalized spacial score (nSPS) is 11.7. The molecule has 0 spiro atoms. The molecule has 4 nitrogen and oxygen atoms in total. The number of hydrogen-bond donors (Lipinski definition) is 1. The molecule has 0 aliphatic heterocycles. The number of nitrogens with two attached hydrogens (primary N) is 1. The molecule has 2 aromatic carbocycles. The van der Waals surface area contributed by atoms with Crippen LogP contribution in [0.5, 0.6) is 0 Å². The monoisotopic (exact) mass is 310 g/mol. The van der Waals surface area contributed by atoms with E-state index in [1.165, 1.54) is 0 Å². The van der Waals surface area contributed by atoms with Gasteiger partial charge < -0.3 is 10.6 Å². The molecule has 0 heterocycles. The summed E-state index contributed by atoms with van der Waals surface area (Å²) in [7, 11) is 0. The van der Waals surface area contributed by atoms with Gasteiger partial charge in [0, 0.05) is 23.7 Å². The molecule has 0 aliphatic carbocycles. The Balaban J connectivity index is 2.24. The minimum atomic E-state index is -0.493. The van der Waals surface area contributed by atoms with E-state index in [9.17, 15) is 9.59 Å². The first-order valence-corrected chi connectivity index (χ1v) is 7.77. The zero-order chi connectivity index (χ0) is 16.8. The highest BCUT2D eigenvalue weighted by Crippen LogP contribution is 2.16. The average molecular weight is 310 g/mol. The van der Waals surface area contributed by atoms with Crippen LogP contribution in [-0.4, -0.2) is 22.8 Å². The van der Waals surface area contributed by atoms with Gasteiger partial charge in [0.2, 0.25) is 5.91 Å². The van der Waals surface area contributed by atoms with Gasteiger partial charge >= 0.3 is 0 Å². The van der Waals surface area contributed by atoms with Crippen molar-refractivity contribution in [1.29, 1.82) is 0 Å². The van der Waals surface area contributed by atoms with Gasteiger partial charge in [-0.3, -0.25) is 9.59 Å². The van der Waals surface area contributed by atoms with E-state index in [1.807, 2.05) is 42.2 Å². The first kappa shape index (κ1) is 16.7. The molecule has 2 amide bonds. The molecule has 0 unspecified atom stereocenters. The summed E-state index contributed by atoms with van der Waals surface area (Å²) in [4.78, 5) is 25.8. The van der Waals surface area contributed by atoms with Gasteiger partial charge in [-0.05, 0) is 43.2 Å². The minimum absolute atomic E-state index is 0.0424. The lowest BCUT2D eigenvalue weighted by Gasteiger charge is -2.29. The number of rotatable bonds is 6. The van der Waals surface area contributed by atoms with E-state index < -0.39 is 5.91 Å². The molecule has 2 N–H and O–H groups in total. The van der Waals surface area contributed by atoms with Crippen LogP contribution in [0.3, 0.4) is 0 Å². The summed E-state index contributed by atoms with van der Waals surface area (Å²) in [6, 6.07) is 16.5. The third-order valence-electron chi connectivity index (χ3n) is 4.00. The van der Waals surface area contributed by atoms with E-state index in [4.69, 9.17) is 5.73 Å². The van der Waals surface area contributed by atoms with Crippen LogP contribution in [0.25, 0.3) is 0 Å². The Hall–Kier alpha value is -2.62. The number of primary amides is 1. The summed E-state index contributed by atoms with van der Waals surface area (Å²) in [5.74, 6) is -0.536. The number of benzene rings is 2. The fourth-order valence-electron chi connectivity index (χ4n) is 2.37. The largest absolute Gasteiger partial charge is 0.366 e. The Morgan fingerprint density at radius 1 is 1.00 bits per heavy atom. The van der Waals surface area contributed by atoms with Crippen molar-refractivity contribution in [3.05, 3.63) is 71.3 Å². The lowest BCUT2D eigenvalue weighted by Crippen LogP contribution is -2.37. The summed E-state index contributed by atoms with van der Waals surface area (Å²) in [5, 5.41) is 0. The van der Waals surface area contributed by atoms with Crippen molar-refractivity contribution in [2.75, 3.05) is 0 Å². The van der Waals surface area contributed by atoms with Crippen molar-refractivity contribution < 1.29 is 9.59 Å². The molecule has 0 fully saturated rings. The number of amides is 2. The smallest absolute Gasteiger partial charge is 0.254 e. The second-order valence-electron chi connectivity index (χ2n) is 5.62. The molecule has 0 saturated carbocycles. The Bertz CT molecular complexity index is 666. The van der Waals surface area contributed by atoms with Crippen LogP contribution in [0, 0.1) is 0 Å². The highest BCUT2D eigenvalue weighted by atomic mass is 16.2. The molecule has 1 atom stereocenters. The van der Waals surface area contributed by atoms with Gasteiger partial charge in [-0.25, -0.2) is 0 Å². The Labute approximate surface area is 136 Å². The quantitative estimate of drug-likeness (QED) is 0.890. The van der Waals surface area contributed by atoms with E-state index >= 15 is 0 Å². The van der Waals surface area contributed by atoms with E-state index in [1.54, 1.807) is 24.3 Å². The Kier molecular flexibility index (Phi) is 5.52. The topological polar surface area (TPSA) is 63.4 Å². The zero-order valence-corrected chi connectivity index (χ0v) is 13.5. The lowest BCUT2D eigenvalue weighted by atomic mass is 10.1. The molecule has 0 aliphatic rings. The van der Waals surface area contributed by atoms with Crippen LogP contribution in [0.1, 0.15) is 46.5 Å². The van der Waals surface area contributed by atoms with Crippen LogP contribution in [0.4, 0.5) is 0 Å². The molecule has 23 heavy (non-hydrogen) atoms. The van der Waals surface area contributed by atoms with E-state index in [0.717, 1.165) is 12.0 Å². The van der Waals surface area contributed by atoms with Gasteiger partial charge in [-0.2, -0.15) is 0 Å². The second kappa shape index (κ2) is 7.58.